The van der Waals surface area contributed by atoms with E-state index in [0.717, 1.165) is 0 Å². The van der Waals surface area contributed by atoms with Crippen molar-refractivity contribution in [2.75, 3.05) is 11.1 Å². The van der Waals surface area contributed by atoms with Crippen molar-refractivity contribution in [2.45, 2.75) is 0 Å². The van der Waals surface area contributed by atoms with Crippen LogP contribution in [0.4, 0.5) is 23.5 Å². The molecule has 1 heterocycles. The molecule has 0 aliphatic rings. The lowest BCUT2D eigenvalue weighted by Gasteiger charge is -2.03. The number of para-hydroxylation sites is 1. The number of rotatable bonds is 3. The molecule has 9 heteroatoms. The van der Waals surface area contributed by atoms with Crippen molar-refractivity contribution in [3.8, 4) is 0 Å². The van der Waals surface area contributed by atoms with Gasteiger partial charge in [0.15, 0.2) is 0 Å². The number of nitrogens with zero attached hydrogens (tertiary/aromatic N) is 5. The second-order valence-corrected chi connectivity index (χ2v) is 3.17. The monoisotopic (exact) mass is 247 g/mol. The molecule has 92 valence electrons. The van der Waals surface area contributed by atoms with Crippen molar-refractivity contribution < 1.29 is 10.1 Å². The van der Waals surface area contributed by atoms with Crippen molar-refractivity contribution in [1.29, 1.82) is 0 Å². The van der Waals surface area contributed by atoms with Crippen LogP contribution in [0.15, 0.2) is 35.6 Å². The van der Waals surface area contributed by atoms with Crippen molar-refractivity contribution in [3.05, 3.63) is 35.5 Å². The van der Waals surface area contributed by atoms with Gasteiger partial charge in [-0.05, 0) is 22.1 Å². The van der Waals surface area contributed by atoms with Crippen LogP contribution in [0.1, 0.15) is 0 Å². The van der Waals surface area contributed by atoms with E-state index >= 15 is 0 Å². The quantitative estimate of drug-likeness (QED) is 0.421. The summed E-state index contributed by atoms with van der Waals surface area (Å²) < 4.78 is 0. The number of nitrogens with two attached hydrogens (primary N) is 1. The molecule has 9 nitrogen and oxygen atoms in total. The van der Waals surface area contributed by atoms with Crippen LogP contribution in [0.25, 0.3) is 0 Å². The Labute approximate surface area is 101 Å². The number of hydrogen-bond acceptors (Lipinski definition) is 7. The highest BCUT2D eigenvalue weighted by Gasteiger charge is 2.15. The molecule has 1 aromatic carbocycles. The molecule has 0 saturated carbocycles. The third kappa shape index (κ3) is 2.58. The fourth-order valence-electron chi connectivity index (χ4n) is 1.21. The number of anilines is 3. The third-order valence-corrected chi connectivity index (χ3v) is 1.92. The molecular formula is C9H9N7O2. The van der Waals surface area contributed by atoms with Crippen molar-refractivity contribution in [3.63, 3.8) is 0 Å². The van der Waals surface area contributed by atoms with Gasteiger partial charge >= 0.3 is 17.8 Å². The maximum Gasteiger partial charge on any atom is 0.463 e. The normalized spacial score (nSPS) is 11.2. The molecule has 2 aromatic rings. The van der Waals surface area contributed by atoms with Gasteiger partial charge in [-0.1, -0.05) is 18.2 Å². The summed E-state index contributed by atoms with van der Waals surface area (Å²) in [5.41, 5.74) is 6.13. The van der Waals surface area contributed by atoms with Gasteiger partial charge in [0.25, 0.3) is 0 Å². The number of aromatic nitrogens is 3. The summed E-state index contributed by atoms with van der Waals surface area (Å²) in [6.45, 7) is 0. The minimum atomic E-state index is -0.413. The fourth-order valence-corrected chi connectivity index (χ4v) is 1.21. The molecule has 18 heavy (non-hydrogen) atoms. The van der Waals surface area contributed by atoms with E-state index in [9.17, 15) is 5.21 Å². The number of nitrogens with one attached hydrogen (secondary N) is 1. The molecule has 0 fully saturated rings. The van der Waals surface area contributed by atoms with Gasteiger partial charge in [0.05, 0.1) is 5.28 Å². The second kappa shape index (κ2) is 4.91. The molecule has 0 spiro atoms. The van der Waals surface area contributed by atoms with E-state index < -0.39 is 5.95 Å². The first kappa shape index (κ1) is 11.5. The van der Waals surface area contributed by atoms with Gasteiger partial charge < -0.3 is 21.5 Å². The van der Waals surface area contributed by atoms with Crippen molar-refractivity contribution >= 4 is 23.5 Å². The molecule has 0 amide bonds. The number of benzene rings is 1. The summed E-state index contributed by atoms with van der Waals surface area (Å²) in [6, 6.07) is 9.05. The molecule has 0 aliphatic heterocycles. The van der Waals surface area contributed by atoms with Gasteiger partial charge in [-0.25, -0.2) is 0 Å². The standard InChI is InChI=1S/C9H9N7O2/c10-7-12-8(11-6-4-2-1-3-5-6)14-9(13-7)16(18)15-17/h1-5,17H,(H3,10,11,12,13,14). The lowest BCUT2D eigenvalue weighted by molar-refractivity contribution is -0.481. The van der Waals surface area contributed by atoms with Crippen LogP contribution in [-0.2, 0) is 0 Å². The lowest BCUT2D eigenvalue weighted by Crippen LogP contribution is -2.07. The molecule has 0 atom stereocenters. The largest absolute Gasteiger partial charge is 0.719 e. The highest BCUT2D eigenvalue weighted by Crippen LogP contribution is 2.15. The zero-order valence-electron chi connectivity index (χ0n) is 9.06. The summed E-state index contributed by atoms with van der Waals surface area (Å²) in [7, 11) is 0. The molecule has 1 aromatic heterocycles. The Morgan fingerprint density at radius 2 is 1.94 bits per heavy atom. The Kier molecular flexibility index (Phi) is 3.14. The maximum absolute atomic E-state index is 11.0. The number of hydrogen-bond donors (Lipinski definition) is 3. The SMILES string of the molecule is Nc1nc(Nc2ccccc2)nc([N+]([O-])=NO)n1. The van der Waals surface area contributed by atoms with Crippen LogP contribution in [0.2, 0.25) is 0 Å². The molecule has 0 aliphatic carbocycles. The summed E-state index contributed by atoms with van der Waals surface area (Å²) in [5.74, 6) is -0.500. The predicted molar refractivity (Wildman–Crippen MR) is 61.5 cm³/mol. The summed E-state index contributed by atoms with van der Waals surface area (Å²) in [6.07, 6.45) is 0. The van der Waals surface area contributed by atoms with Gasteiger partial charge in [0, 0.05) is 5.69 Å². The molecule has 0 radical (unpaired) electrons. The average molecular weight is 247 g/mol. The first-order valence-electron chi connectivity index (χ1n) is 4.85. The van der Waals surface area contributed by atoms with Gasteiger partial charge in [-0.15, -0.1) is 9.84 Å². The smallest absolute Gasteiger partial charge is 0.463 e. The Bertz CT molecular complexity index is 572. The maximum atomic E-state index is 11.0. The van der Waals surface area contributed by atoms with E-state index in [1.54, 1.807) is 12.1 Å². The highest BCUT2D eigenvalue weighted by atomic mass is 16.6. The van der Waals surface area contributed by atoms with E-state index in [1.807, 2.05) is 18.2 Å². The topological polar surface area (TPSA) is 135 Å². The zero-order valence-corrected chi connectivity index (χ0v) is 9.06. The van der Waals surface area contributed by atoms with E-state index in [4.69, 9.17) is 10.9 Å². The molecular weight excluding hydrogens is 238 g/mol. The minimum Gasteiger partial charge on any atom is -0.719 e. The summed E-state index contributed by atoms with van der Waals surface area (Å²) in [4.78, 5) is 10.9. The Morgan fingerprint density at radius 3 is 2.61 bits per heavy atom. The molecule has 0 unspecified atom stereocenters. The first-order valence-corrected chi connectivity index (χ1v) is 4.85. The Balaban J connectivity index is 2.31. The fraction of sp³-hybridized carbons (Fsp3) is 0. The van der Waals surface area contributed by atoms with E-state index in [-0.39, 0.29) is 16.8 Å². The van der Waals surface area contributed by atoms with E-state index in [1.165, 1.54) is 0 Å². The molecule has 4 N–H and O–H groups in total. The highest BCUT2D eigenvalue weighted by molar-refractivity contribution is 5.53. The van der Waals surface area contributed by atoms with Gasteiger partial charge in [-0.3, -0.25) is 0 Å². The molecule has 2 rings (SSSR count). The van der Waals surface area contributed by atoms with Crippen molar-refractivity contribution in [2.24, 2.45) is 5.28 Å². The Morgan fingerprint density at radius 1 is 1.22 bits per heavy atom. The first-order chi connectivity index (χ1) is 8.69. The van der Waals surface area contributed by atoms with Crippen LogP contribution in [0, 0.1) is 5.21 Å². The van der Waals surface area contributed by atoms with E-state index in [2.05, 4.69) is 25.5 Å². The van der Waals surface area contributed by atoms with Gasteiger partial charge in [0.1, 0.15) is 0 Å². The zero-order chi connectivity index (χ0) is 13.0. The summed E-state index contributed by atoms with van der Waals surface area (Å²) in [5, 5.41) is 24.6. The number of nitrogen functional groups attached to an aromatic ring is 1. The van der Waals surface area contributed by atoms with Crippen molar-refractivity contribution in [1.82, 2.24) is 15.0 Å². The summed E-state index contributed by atoms with van der Waals surface area (Å²) >= 11 is 0. The molecule has 0 saturated heterocycles. The van der Waals surface area contributed by atoms with Crippen LogP contribution in [0.5, 0.6) is 0 Å². The van der Waals surface area contributed by atoms with Crippen LogP contribution in [-0.4, -0.2) is 25.0 Å². The van der Waals surface area contributed by atoms with Crippen LogP contribution < -0.4 is 11.1 Å². The Hall–Kier alpha value is -2.97. The lowest BCUT2D eigenvalue weighted by atomic mass is 10.3. The molecule has 0 bridgehead atoms. The second-order valence-electron chi connectivity index (χ2n) is 3.17. The van der Waals surface area contributed by atoms with Crippen LogP contribution >= 0.6 is 0 Å². The van der Waals surface area contributed by atoms with Gasteiger partial charge in [0.2, 0.25) is 0 Å². The van der Waals surface area contributed by atoms with Gasteiger partial charge in [-0.2, -0.15) is 0 Å². The van der Waals surface area contributed by atoms with E-state index in [0.29, 0.717) is 5.69 Å². The van der Waals surface area contributed by atoms with Crippen LogP contribution in [0.3, 0.4) is 0 Å². The predicted octanol–water partition coefficient (Wildman–Crippen LogP) is 1.18. The average Bonchev–Trinajstić information content (AvgIpc) is 2.38. The third-order valence-electron chi connectivity index (χ3n) is 1.92. The minimum absolute atomic E-state index is 0.0770.